The van der Waals surface area contributed by atoms with E-state index >= 15 is 0 Å². The molecule has 196 valence electrons. The van der Waals surface area contributed by atoms with E-state index in [1.54, 1.807) is 0 Å². The molecule has 4 saturated carbocycles. The molecule has 5 heteroatoms. The average Bonchev–Trinajstić information content (AvgIpc) is 3.16. The maximum absolute atomic E-state index is 12.2. The van der Waals surface area contributed by atoms with Crippen molar-refractivity contribution in [3.63, 3.8) is 0 Å². The first-order valence-corrected chi connectivity index (χ1v) is 14.4. The first-order chi connectivity index (χ1) is 16.2. The van der Waals surface area contributed by atoms with Crippen molar-refractivity contribution in [1.29, 1.82) is 0 Å². The Kier molecular flexibility index (Phi) is 8.06. The topological polar surface area (TPSA) is 78.8 Å². The number of aliphatic hydroxyl groups excluding tert-OH is 2. The Hall–Kier alpha value is -0.650. The van der Waals surface area contributed by atoms with E-state index in [1.807, 2.05) is 6.92 Å². The summed E-state index contributed by atoms with van der Waals surface area (Å²) in [6.07, 6.45) is 10.7. The molecule has 4 fully saturated rings. The van der Waals surface area contributed by atoms with Crippen molar-refractivity contribution in [1.82, 2.24) is 5.48 Å². The van der Waals surface area contributed by atoms with Gasteiger partial charge in [0.2, 0.25) is 5.91 Å². The largest absolute Gasteiger partial charge is 0.393 e. The van der Waals surface area contributed by atoms with E-state index in [2.05, 4.69) is 33.2 Å². The van der Waals surface area contributed by atoms with Crippen LogP contribution in [0.1, 0.15) is 105 Å². The van der Waals surface area contributed by atoms with Gasteiger partial charge in [-0.05, 0) is 110 Å². The number of fused-ring (bicyclic) bond motifs is 5. The van der Waals surface area contributed by atoms with E-state index in [-0.39, 0.29) is 28.9 Å². The Morgan fingerprint density at radius 2 is 1.74 bits per heavy atom. The van der Waals surface area contributed by atoms with E-state index in [0.29, 0.717) is 54.5 Å². The van der Waals surface area contributed by atoms with Crippen LogP contribution in [0.4, 0.5) is 0 Å². The third-order valence-corrected chi connectivity index (χ3v) is 11.5. The van der Waals surface area contributed by atoms with E-state index < -0.39 is 0 Å². The molecule has 0 aromatic heterocycles. The standard InChI is InChI=1S/C29H51NO4/c1-6-16-34-30-25(32)11-8-18(3)21-9-10-22-26-23(13-15-28(21,22)4)29(5)14-12-19(31)17-24(29)20(7-2)27(26)33/h18-24,26-27,31,33H,6-17H2,1-5H3,(H,30,32)/t18-,19-,20-,21?,22?,23?,24+,26?,27-,28-,29-/m1/s1. The molecule has 4 aliphatic rings. The summed E-state index contributed by atoms with van der Waals surface area (Å²) in [5.41, 5.74) is 3.11. The summed E-state index contributed by atoms with van der Waals surface area (Å²) in [4.78, 5) is 17.4. The Morgan fingerprint density at radius 1 is 1.03 bits per heavy atom. The molecule has 3 N–H and O–H groups in total. The number of carbonyl (C=O) groups is 1. The summed E-state index contributed by atoms with van der Waals surface area (Å²) < 4.78 is 0. The lowest BCUT2D eigenvalue weighted by atomic mass is 9.41. The molecular formula is C29H51NO4. The van der Waals surface area contributed by atoms with Gasteiger partial charge in [0.25, 0.3) is 0 Å². The van der Waals surface area contributed by atoms with Crippen molar-refractivity contribution in [2.45, 2.75) is 117 Å². The summed E-state index contributed by atoms with van der Waals surface area (Å²) in [6.45, 7) is 12.2. The lowest BCUT2D eigenvalue weighted by molar-refractivity contribution is -0.203. The smallest absolute Gasteiger partial charge is 0.243 e. The second-order valence-electron chi connectivity index (χ2n) is 13.0. The Labute approximate surface area is 207 Å². The third-order valence-electron chi connectivity index (χ3n) is 11.5. The molecule has 11 atom stereocenters. The van der Waals surface area contributed by atoms with Crippen LogP contribution in [-0.4, -0.2) is 34.9 Å². The zero-order valence-corrected chi connectivity index (χ0v) is 22.4. The van der Waals surface area contributed by atoms with Crippen LogP contribution in [0.3, 0.4) is 0 Å². The monoisotopic (exact) mass is 477 g/mol. The molecule has 5 nitrogen and oxygen atoms in total. The van der Waals surface area contributed by atoms with Crippen LogP contribution < -0.4 is 5.48 Å². The summed E-state index contributed by atoms with van der Waals surface area (Å²) in [6, 6.07) is 0. The van der Waals surface area contributed by atoms with Crippen molar-refractivity contribution in [3.8, 4) is 0 Å². The number of carbonyl (C=O) groups excluding carboxylic acids is 1. The normalized spacial score (nSPS) is 46.8. The second kappa shape index (κ2) is 10.4. The van der Waals surface area contributed by atoms with E-state index in [1.165, 1.54) is 25.7 Å². The summed E-state index contributed by atoms with van der Waals surface area (Å²) in [5.74, 6) is 3.43. The fraction of sp³-hybridized carbons (Fsp3) is 0.966. The van der Waals surface area contributed by atoms with Gasteiger partial charge in [0, 0.05) is 6.42 Å². The number of nitrogens with one attached hydrogen (secondary N) is 1. The van der Waals surface area contributed by atoms with Gasteiger partial charge in [0.05, 0.1) is 18.8 Å². The van der Waals surface area contributed by atoms with Crippen LogP contribution in [0.2, 0.25) is 0 Å². The fourth-order valence-electron chi connectivity index (χ4n) is 9.78. The SMILES string of the molecule is CCCONC(=O)CC[C@@H](C)C1CCC2C3C(CC[C@@]21C)[C@@]1(C)CC[C@@H](O)C[C@H]1[C@@H](CC)[C@H]3O. The quantitative estimate of drug-likeness (QED) is 0.319. The van der Waals surface area contributed by atoms with Crippen LogP contribution >= 0.6 is 0 Å². The van der Waals surface area contributed by atoms with Crippen molar-refractivity contribution < 1.29 is 19.8 Å². The van der Waals surface area contributed by atoms with Gasteiger partial charge in [0.15, 0.2) is 0 Å². The highest BCUT2D eigenvalue weighted by molar-refractivity contribution is 5.74. The van der Waals surface area contributed by atoms with Crippen LogP contribution in [-0.2, 0) is 9.63 Å². The molecule has 0 spiro atoms. The number of hydroxylamine groups is 1. The van der Waals surface area contributed by atoms with Gasteiger partial charge in [-0.3, -0.25) is 9.63 Å². The summed E-state index contributed by atoms with van der Waals surface area (Å²) in [7, 11) is 0. The first kappa shape index (κ1) is 26.4. The highest BCUT2D eigenvalue weighted by Crippen LogP contribution is 2.69. The molecule has 0 aliphatic heterocycles. The summed E-state index contributed by atoms with van der Waals surface area (Å²) >= 11 is 0. The molecule has 0 aromatic carbocycles. The van der Waals surface area contributed by atoms with Gasteiger partial charge in [-0.1, -0.05) is 41.0 Å². The number of amides is 1. The Balaban J connectivity index is 1.48. The minimum Gasteiger partial charge on any atom is -0.393 e. The summed E-state index contributed by atoms with van der Waals surface area (Å²) in [5, 5.41) is 22.3. The lowest BCUT2D eigenvalue weighted by Gasteiger charge is -2.64. The van der Waals surface area contributed by atoms with Gasteiger partial charge < -0.3 is 10.2 Å². The molecule has 4 unspecified atom stereocenters. The number of aliphatic hydroxyl groups is 2. The predicted octanol–water partition coefficient (Wildman–Crippen LogP) is 5.49. The number of hydrogen-bond donors (Lipinski definition) is 3. The molecule has 4 aliphatic carbocycles. The molecule has 0 aromatic rings. The van der Waals surface area contributed by atoms with Crippen molar-refractivity contribution in [3.05, 3.63) is 0 Å². The highest BCUT2D eigenvalue weighted by atomic mass is 16.6. The van der Waals surface area contributed by atoms with E-state index in [9.17, 15) is 15.0 Å². The molecule has 4 rings (SSSR count). The van der Waals surface area contributed by atoms with Crippen LogP contribution in [0, 0.1) is 52.3 Å². The van der Waals surface area contributed by atoms with E-state index in [4.69, 9.17) is 4.84 Å². The molecule has 34 heavy (non-hydrogen) atoms. The Morgan fingerprint density at radius 3 is 2.44 bits per heavy atom. The molecule has 0 saturated heterocycles. The van der Waals surface area contributed by atoms with Gasteiger partial charge in [0.1, 0.15) is 0 Å². The second-order valence-corrected chi connectivity index (χ2v) is 13.0. The zero-order valence-electron chi connectivity index (χ0n) is 22.4. The maximum Gasteiger partial charge on any atom is 0.243 e. The highest BCUT2D eigenvalue weighted by Gasteiger charge is 2.64. The van der Waals surface area contributed by atoms with Gasteiger partial charge >= 0.3 is 0 Å². The van der Waals surface area contributed by atoms with Gasteiger partial charge in [-0.25, -0.2) is 5.48 Å². The number of rotatable bonds is 8. The molecular weight excluding hydrogens is 426 g/mol. The Bertz CT molecular complexity index is 714. The van der Waals surface area contributed by atoms with Crippen LogP contribution in [0.25, 0.3) is 0 Å². The molecule has 1 amide bonds. The van der Waals surface area contributed by atoms with Gasteiger partial charge in [-0.15, -0.1) is 0 Å². The zero-order chi connectivity index (χ0) is 24.7. The van der Waals surface area contributed by atoms with Gasteiger partial charge in [-0.2, -0.15) is 0 Å². The lowest BCUT2D eigenvalue weighted by Crippen LogP contribution is -2.62. The van der Waals surface area contributed by atoms with Crippen LogP contribution in [0.15, 0.2) is 0 Å². The maximum atomic E-state index is 12.2. The average molecular weight is 478 g/mol. The first-order valence-electron chi connectivity index (χ1n) is 14.4. The minimum absolute atomic E-state index is 0.00403. The number of hydrogen-bond acceptors (Lipinski definition) is 4. The predicted molar refractivity (Wildman–Crippen MR) is 135 cm³/mol. The molecule has 0 radical (unpaired) electrons. The fourth-order valence-corrected chi connectivity index (χ4v) is 9.78. The van der Waals surface area contributed by atoms with Crippen LogP contribution in [0.5, 0.6) is 0 Å². The van der Waals surface area contributed by atoms with Crippen molar-refractivity contribution in [2.75, 3.05) is 6.61 Å². The third kappa shape index (κ3) is 4.47. The van der Waals surface area contributed by atoms with Crippen molar-refractivity contribution >= 4 is 5.91 Å². The minimum atomic E-state index is -0.237. The van der Waals surface area contributed by atoms with E-state index in [0.717, 1.165) is 38.5 Å². The molecule has 0 bridgehead atoms. The molecule has 0 heterocycles. The van der Waals surface area contributed by atoms with Crippen molar-refractivity contribution in [2.24, 2.45) is 52.3 Å².